The Morgan fingerprint density at radius 1 is 1.04 bits per heavy atom. The second-order valence-electron chi connectivity index (χ2n) is 5.61. The van der Waals surface area contributed by atoms with Gasteiger partial charge in [-0.3, -0.25) is 0 Å². The van der Waals surface area contributed by atoms with Gasteiger partial charge < -0.3 is 9.30 Å². The molecule has 2 aromatic carbocycles. The largest absolute Gasteiger partial charge is 0.497 e. The van der Waals surface area contributed by atoms with Crippen molar-refractivity contribution in [2.45, 2.75) is 19.4 Å². The third kappa shape index (κ3) is 2.39. The number of methoxy groups -OCH3 is 1. The number of halogens is 1. The first-order chi connectivity index (χ1) is 11.3. The molecule has 0 unspecified atom stereocenters. The molecular weight excluding hydrogens is 310 g/mol. The van der Waals surface area contributed by atoms with Crippen molar-refractivity contribution in [3.63, 3.8) is 0 Å². The molecule has 0 saturated carbocycles. The third-order valence-corrected chi connectivity index (χ3v) is 4.58. The van der Waals surface area contributed by atoms with Crippen LogP contribution in [-0.4, -0.2) is 21.9 Å². The van der Waals surface area contributed by atoms with Gasteiger partial charge in [0.15, 0.2) is 11.6 Å². The van der Waals surface area contributed by atoms with E-state index in [2.05, 4.69) is 26.9 Å². The number of ether oxygens (including phenoxy) is 1. The lowest BCUT2D eigenvalue weighted by Gasteiger charge is -2.09. The van der Waals surface area contributed by atoms with Crippen LogP contribution in [0.15, 0.2) is 42.5 Å². The summed E-state index contributed by atoms with van der Waals surface area (Å²) in [5.74, 6) is 2.60. The summed E-state index contributed by atoms with van der Waals surface area (Å²) in [7, 11) is 1.69. The maximum atomic E-state index is 6.34. The van der Waals surface area contributed by atoms with Gasteiger partial charge in [-0.25, -0.2) is 0 Å². The average molecular weight is 326 g/mol. The van der Waals surface area contributed by atoms with Gasteiger partial charge in [-0.05, 0) is 48.7 Å². The number of hydrogen-bond acceptors (Lipinski definition) is 3. The highest BCUT2D eigenvalue weighted by Crippen LogP contribution is 2.34. The van der Waals surface area contributed by atoms with Gasteiger partial charge in [-0.1, -0.05) is 23.7 Å². The van der Waals surface area contributed by atoms with Crippen LogP contribution in [0.1, 0.15) is 12.0 Å². The number of aryl methyl sites for hydroxylation is 1. The molecule has 23 heavy (non-hydrogen) atoms. The smallest absolute Gasteiger partial charge is 0.165 e. The number of aromatic nitrogens is 3. The van der Waals surface area contributed by atoms with E-state index in [9.17, 15) is 0 Å². The van der Waals surface area contributed by atoms with Crippen molar-refractivity contribution < 1.29 is 4.74 Å². The molecule has 0 bridgehead atoms. The van der Waals surface area contributed by atoms with Crippen molar-refractivity contribution >= 4 is 11.6 Å². The Bertz CT molecular complexity index is 872. The fourth-order valence-electron chi connectivity index (χ4n) is 3.11. The Balaban J connectivity index is 1.88. The molecule has 5 heteroatoms. The van der Waals surface area contributed by atoms with Gasteiger partial charge >= 0.3 is 0 Å². The third-order valence-electron chi connectivity index (χ3n) is 4.25. The van der Waals surface area contributed by atoms with Gasteiger partial charge in [-0.2, -0.15) is 0 Å². The second kappa shape index (κ2) is 5.70. The predicted molar refractivity (Wildman–Crippen MR) is 90.8 cm³/mol. The highest BCUT2D eigenvalue weighted by Gasteiger charge is 2.21. The zero-order valence-electron chi connectivity index (χ0n) is 12.8. The quantitative estimate of drug-likeness (QED) is 0.708. The summed E-state index contributed by atoms with van der Waals surface area (Å²) in [6, 6.07) is 13.9. The van der Waals surface area contributed by atoms with Crippen LogP contribution in [0.3, 0.4) is 0 Å². The Morgan fingerprint density at radius 3 is 2.61 bits per heavy atom. The molecule has 1 aromatic heterocycles. The minimum Gasteiger partial charge on any atom is -0.497 e. The molecule has 4 nitrogen and oxygen atoms in total. The van der Waals surface area contributed by atoms with Gasteiger partial charge in [0.1, 0.15) is 5.75 Å². The second-order valence-corrected chi connectivity index (χ2v) is 6.01. The van der Waals surface area contributed by atoms with E-state index in [4.69, 9.17) is 16.3 Å². The number of nitrogens with zero attached hydrogens (tertiary/aromatic N) is 3. The van der Waals surface area contributed by atoms with E-state index in [1.807, 2.05) is 30.3 Å². The first-order valence-electron chi connectivity index (χ1n) is 7.63. The summed E-state index contributed by atoms with van der Waals surface area (Å²) < 4.78 is 7.51. The lowest BCUT2D eigenvalue weighted by Crippen LogP contribution is -2.01. The van der Waals surface area contributed by atoms with Crippen LogP contribution in [0.4, 0.5) is 0 Å². The molecule has 0 radical (unpaired) electrons. The summed E-state index contributed by atoms with van der Waals surface area (Å²) in [5.41, 5.74) is 3.29. The van der Waals surface area contributed by atoms with E-state index in [0.29, 0.717) is 5.02 Å². The summed E-state index contributed by atoms with van der Waals surface area (Å²) in [6.45, 7) is 0.875. The summed E-state index contributed by atoms with van der Waals surface area (Å²) >= 11 is 6.34. The lowest BCUT2D eigenvalue weighted by atomic mass is 10.0. The molecule has 0 amide bonds. The zero-order chi connectivity index (χ0) is 15.8. The van der Waals surface area contributed by atoms with Crippen molar-refractivity contribution in [2.24, 2.45) is 0 Å². The molecule has 0 aliphatic carbocycles. The SMILES string of the molecule is COc1ccc2c(c1)CCCn1c(-c3ccccc3Cl)nnc1-2. The standard InChI is InChI=1S/C18H16ClN3O/c1-23-13-8-9-14-12(11-13)5-4-10-22-17(14)20-21-18(22)15-6-2-3-7-16(15)19/h2-3,6-9,11H,4-5,10H2,1H3. The fraction of sp³-hybridized carbons (Fsp3) is 0.222. The van der Waals surface area contributed by atoms with Crippen LogP contribution in [0, 0.1) is 0 Å². The van der Waals surface area contributed by atoms with Gasteiger partial charge in [0, 0.05) is 17.7 Å². The van der Waals surface area contributed by atoms with Crippen LogP contribution >= 0.6 is 11.6 Å². The van der Waals surface area contributed by atoms with E-state index >= 15 is 0 Å². The molecule has 0 saturated heterocycles. The van der Waals surface area contributed by atoms with Crippen LogP contribution < -0.4 is 4.74 Å². The van der Waals surface area contributed by atoms with Crippen LogP contribution in [0.2, 0.25) is 5.02 Å². The Labute approximate surface area is 139 Å². The Kier molecular flexibility index (Phi) is 3.54. The van der Waals surface area contributed by atoms with E-state index in [0.717, 1.165) is 47.9 Å². The summed E-state index contributed by atoms with van der Waals surface area (Å²) in [4.78, 5) is 0. The van der Waals surface area contributed by atoms with Gasteiger partial charge in [0.2, 0.25) is 0 Å². The van der Waals surface area contributed by atoms with Crippen molar-refractivity contribution in [1.82, 2.24) is 14.8 Å². The minimum atomic E-state index is 0.696. The van der Waals surface area contributed by atoms with E-state index < -0.39 is 0 Å². The van der Waals surface area contributed by atoms with Crippen molar-refractivity contribution in [2.75, 3.05) is 7.11 Å². The minimum absolute atomic E-state index is 0.696. The number of benzene rings is 2. The van der Waals surface area contributed by atoms with Crippen molar-refractivity contribution in [3.05, 3.63) is 53.1 Å². The van der Waals surface area contributed by atoms with E-state index in [-0.39, 0.29) is 0 Å². The molecule has 0 atom stereocenters. The van der Waals surface area contributed by atoms with E-state index in [1.165, 1.54) is 5.56 Å². The molecular formula is C18H16ClN3O. The fourth-order valence-corrected chi connectivity index (χ4v) is 3.33. The monoisotopic (exact) mass is 325 g/mol. The molecule has 0 fully saturated rings. The Morgan fingerprint density at radius 2 is 1.83 bits per heavy atom. The molecule has 3 aromatic rings. The highest BCUT2D eigenvalue weighted by molar-refractivity contribution is 6.33. The van der Waals surface area contributed by atoms with Crippen LogP contribution in [0.25, 0.3) is 22.8 Å². The van der Waals surface area contributed by atoms with Gasteiger partial charge in [0.25, 0.3) is 0 Å². The van der Waals surface area contributed by atoms with Gasteiger partial charge in [0.05, 0.1) is 12.1 Å². The molecule has 4 rings (SSSR count). The number of hydrogen-bond donors (Lipinski definition) is 0. The molecule has 2 heterocycles. The maximum Gasteiger partial charge on any atom is 0.165 e. The first kappa shape index (κ1) is 14.3. The van der Waals surface area contributed by atoms with Crippen LogP contribution in [-0.2, 0) is 13.0 Å². The maximum absolute atomic E-state index is 6.34. The van der Waals surface area contributed by atoms with Crippen molar-refractivity contribution in [3.8, 4) is 28.5 Å². The summed E-state index contributed by atoms with van der Waals surface area (Å²) in [6.07, 6.45) is 2.03. The van der Waals surface area contributed by atoms with Crippen molar-refractivity contribution in [1.29, 1.82) is 0 Å². The predicted octanol–water partition coefficient (Wildman–Crippen LogP) is 4.22. The normalized spacial score (nSPS) is 13.1. The van der Waals surface area contributed by atoms with Crippen LogP contribution in [0.5, 0.6) is 5.75 Å². The molecule has 1 aliphatic rings. The Hall–Kier alpha value is -2.33. The van der Waals surface area contributed by atoms with Gasteiger partial charge in [-0.15, -0.1) is 10.2 Å². The molecule has 1 aliphatic heterocycles. The molecule has 116 valence electrons. The summed E-state index contributed by atoms with van der Waals surface area (Å²) in [5, 5.41) is 9.55. The first-order valence-corrected chi connectivity index (χ1v) is 8.01. The van der Waals surface area contributed by atoms with E-state index in [1.54, 1.807) is 7.11 Å². The molecule has 0 spiro atoms. The topological polar surface area (TPSA) is 39.9 Å². The lowest BCUT2D eigenvalue weighted by molar-refractivity contribution is 0.414. The number of fused-ring (bicyclic) bond motifs is 3. The number of rotatable bonds is 2. The zero-order valence-corrected chi connectivity index (χ0v) is 13.5. The average Bonchev–Trinajstić information content (AvgIpc) is 2.90. The molecule has 0 N–H and O–H groups in total. The highest BCUT2D eigenvalue weighted by atomic mass is 35.5.